The van der Waals surface area contributed by atoms with Gasteiger partial charge < -0.3 is 10.1 Å². The van der Waals surface area contributed by atoms with E-state index < -0.39 is 26.8 Å². The van der Waals surface area contributed by atoms with Gasteiger partial charge in [-0.05, 0) is 66.4 Å². The minimum absolute atomic E-state index is 0.00598. The van der Waals surface area contributed by atoms with Gasteiger partial charge in [-0.1, -0.05) is 17.7 Å². The number of carbonyl (C=O) groups is 1. The summed E-state index contributed by atoms with van der Waals surface area (Å²) in [7, 11) is -3.86. The summed E-state index contributed by atoms with van der Waals surface area (Å²) in [5.41, 5.74) is 0.237. The third kappa shape index (κ3) is 5.38. The molecule has 0 aliphatic heterocycles. The lowest BCUT2D eigenvalue weighted by molar-refractivity contribution is -0.123. The molecule has 1 aromatic heterocycles. The third-order valence-electron chi connectivity index (χ3n) is 4.36. The van der Waals surface area contributed by atoms with E-state index >= 15 is 0 Å². The smallest absolute Gasteiger partial charge is 0.257 e. The molecule has 0 unspecified atom stereocenters. The molecule has 1 amide bonds. The Hall–Kier alpha value is -2.42. The van der Waals surface area contributed by atoms with Crippen molar-refractivity contribution in [1.29, 1.82) is 0 Å². The Kier molecular flexibility index (Phi) is 7.12. The molecule has 3 rings (SSSR count). The minimum Gasteiger partial charge on any atom is -0.484 e. The summed E-state index contributed by atoms with van der Waals surface area (Å²) >= 11 is 7.08. The number of hydrogen-bond acceptors (Lipinski definition) is 5. The molecule has 158 valence electrons. The molecule has 1 N–H and O–H groups in total. The maximum atomic E-state index is 13.6. The van der Waals surface area contributed by atoms with E-state index in [4.69, 9.17) is 16.3 Å². The first-order valence-corrected chi connectivity index (χ1v) is 11.8. The zero-order chi connectivity index (χ0) is 21.7. The largest absolute Gasteiger partial charge is 0.484 e. The molecule has 0 spiro atoms. The lowest BCUT2D eigenvalue weighted by atomic mass is 10.2. The van der Waals surface area contributed by atoms with E-state index in [1.54, 1.807) is 41.8 Å². The van der Waals surface area contributed by atoms with Crippen LogP contribution in [0.1, 0.15) is 15.7 Å². The zero-order valence-electron chi connectivity index (χ0n) is 16.0. The second kappa shape index (κ2) is 9.59. The van der Waals surface area contributed by atoms with Gasteiger partial charge in [-0.3, -0.25) is 4.79 Å². The predicted octanol–water partition coefficient (Wildman–Crippen LogP) is 4.56. The number of ether oxygens (including phenoxy) is 1. The van der Waals surface area contributed by atoms with Crippen molar-refractivity contribution in [3.05, 3.63) is 81.3 Å². The summed E-state index contributed by atoms with van der Waals surface area (Å²) in [6.07, 6.45) is 0. The van der Waals surface area contributed by atoms with Crippen LogP contribution in [0.4, 0.5) is 4.39 Å². The Morgan fingerprint density at radius 1 is 1.20 bits per heavy atom. The SMILES string of the molecule is Cc1cc(S(=O)(=O)[C@H](CNC(=O)COc2ccc(Cl)cc2)c2cccs2)ccc1F. The van der Waals surface area contributed by atoms with E-state index in [9.17, 15) is 17.6 Å². The third-order valence-corrected chi connectivity index (χ3v) is 7.83. The van der Waals surface area contributed by atoms with Crippen LogP contribution in [0, 0.1) is 12.7 Å². The van der Waals surface area contributed by atoms with Crippen molar-refractivity contribution in [2.45, 2.75) is 17.1 Å². The summed E-state index contributed by atoms with van der Waals surface area (Å²) in [5.74, 6) is -0.468. The van der Waals surface area contributed by atoms with Crippen LogP contribution in [0.25, 0.3) is 0 Å². The van der Waals surface area contributed by atoms with Gasteiger partial charge in [0.2, 0.25) is 0 Å². The number of thiophene rings is 1. The van der Waals surface area contributed by atoms with Crippen LogP contribution in [0.3, 0.4) is 0 Å². The topological polar surface area (TPSA) is 72.5 Å². The van der Waals surface area contributed by atoms with Crippen molar-refractivity contribution in [3.8, 4) is 5.75 Å². The molecule has 0 fully saturated rings. The van der Waals surface area contributed by atoms with Crippen LogP contribution in [0.2, 0.25) is 5.02 Å². The Morgan fingerprint density at radius 2 is 1.93 bits per heavy atom. The highest BCUT2D eigenvalue weighted by Gasteiger charge is 2.31. The quantitative estimate of drug-likeness (QED) is 0.493. The number of carbonyl (C=O) groups excluding carboxylic acids is 1. The zero-order valence-corrected chi connectivity index (χ0v) is 18.4. The van der Waals surface area contributed by atoms with E-state index in [0.717, 1.165) is 6.07 Å². The molecule has 0 bridgehead atoms. The van der Waals surface area contributed by atoms with Crippen LogP contribution in [-0.4, -0.2) is 27.5 Å². The fourth-order valence-corrected chi connectivity index (χ4v) is 5.73. The number of aryl methyl sites for hydroxylation is 1. The number of benzene rings is 2. The molecule has 0 aliphatic carbocycles. The fourth-order valence-electron chi connectivity index (χ4n) is 2.73. The highest BCUT2D eigenvalue weighted by molar-refractivity contribution is 7.91. The molecule has 9 heteroatoms. The summed E-state index contributed by atoms with van der Waals surface area (Å²) < 4.78 is 45.4. The number of amides is 1. The standard InChI is InChI=1S/C21H19ClFNO4S2/c1-14-11-17(8-9-18(14)23)30(26,27)20(19-3-2-10-29-19)12-24-21(25)13-28-16-6-4-15(22)5-7-16/h2-11,20H,12-13H2,1H3,(H,24,25)/t20-/m1/s1. The molecule has 0 saturated carbocycles. The predicted molar refractivity (Wildman–Crippen MR) is 115 cm³/mol. The maximum absolute atomic E-state index is 13.6. The Balaban J connectivity index is 1.72. The van der Waals surface area contributed by atoms with Crippen molar-refractivity contribution in [1.82, 2.24) is 5.32 Å². The van der Waals surface area contributed by atoms with Crippen molar-refractivity contribution >= 4 is 38.7 Å². The highest BCUT2D eigenvalue weighted by atomic mass is 35.5. The van der Waals surface area contributed by atoms with Gasteiger partial charge in [0.15, 0.2) is 16.4 Å². The molecule has 0 aliphatic rings. The summed E-state index contributed by atoms with van der Waals surface area (Å²) in [6, 6.07) is 13.6. The average molecular weight is 468 g/mol. The molecule has 5 nitrogen and oxygen atoms in total. The highest BCUT2D eigenvalue weighted by Crippen LogP contribution is 2.32. The van der Waals surface area contributed by atoms with Crippen LogP contribution >= 0.6 is 22.9 Å². The maximum Gasteiger partial charge on any atom is 0.257 e. The van der Waals surface area contributed by atoms with Gasteiger partial charge >= 0.3 is 0 Å². The Labute approximate surface area is 183 Å². The summed E-state index contributed by atoms with van der Waals surface area (Å²) in [6.45, 7) is 1.10. The number of sulfone groups is 1. The Morgan fingerprint density at radius 3 is 2.57 bits per heavy atom. The van der Waals surface area contributed by atoms with Gasteiger partial charge in [0.05, 0.1) is 4.90 Å². The molecule has 1 heterocycles. The van der Waals surface area contributed by atoms with Crippen LogP contribution in [0.5, 0.6) is 5.75 Å². The number of nitrogens with one attached hydrogen (secondary N) is 1. The fraction of sp³-hybridized carbons (Fsp3) is 0.190. The van der Waals surface area contributed by atoms with Gasteiger partial charge in [-0.15, -0.1) is 11.3 Å². The molecule has 2 aromatic carbocycles. The van der Waals surface area contributed by atoms with Crippen molar-refractivity contribution in [2.24, 2.45) is 0 Å². The van der Waals surface area contributed by atoms with Gasteiger partial charge in [0.25, 0.3) is 5.91 Å². The van der Waals surface area contributed by atoms with Crippen molar-refractivity contribution < 1.29 is 22.3 Å². The lowest BCUT2D eigenvalue weighted by Gasteiger charge is -2.18. The van der Waals surface area contributed by atoms with E-state index in [1.807, 2.05) is 0 Å². The van der Waals surface area contributed by atoms with Crippen molar-refractivity contribution in [2.75, 3.05) is 13.2 Å². The molecule has 0 saturated heterocycles. The summed E-state index contributed by atoms with van der Waals surface area (Å²) in [4.78, 5) is 12.8. The van der Waals surface area contributed by atoms with Gasteiger partial charge in [-0.25, -0.2) is 12.8 Å². The second-order valence-corrected chi connectivity index (χ2v) is 10.1. The van der Waals surface area contributed by atoms with Gasteiger partial charge in [0, 0.05) is 16.4 Å². The molecule has 1 atom stereocenters. The van der Waals surface area contributed by atoms with Crippen LogP contribution in [-0.2, 0) is 14.6 Å². The first-order valence-electron chi connectivity index (χ1n) is 8.96. The minimum atomic E-state index is -3.86. The normalized spacial score (nSPS) is 12.4. The first kappa shape index (κ1) is 22.3. The first-order chi connectivity index (χ1) is 14.3. The van der Waals surface area contributed by atoms with E-state index in [2.05, 4.69) is 5.32 Å². The monoisotopic (exact) mass is 467 g/mol. The van der Waals surface area contributed by atoms with Crippen molar-refractivity contribution in [3.63, 3.8) is 0 Å². The average Bonchev–Trinajstić information content (AvgIpc) is 3.24. The van der Waals surface area contributed by atoms with Crippen LogP contribution in [0.15, 0.2) is 64.9 Å². The second-order valence-electron chi connectivity index (χ2n) is 6.51. The molecule has 3 aromatic rings. The summed E-state index contributed by atoms with van der Waals surface area (Å²) in [5, 5.41) is 3.93. The Bertz CT molecular complexity index is 1120. The number of hydrogen-bond donors (Lipinski definition) is 1. The van der Waals surface area contributed by atoms with Crippen LogP contribution < -0.4 is 10.1 Å². The molecular weight excluding hydrogens is 449 g/mol. The lowest BCUT2D eigenvalue weighted by Crippen LogP contribution is -2.34. The number of rotatable bonds is 8. The number of halogens is 2. The van der Waals surface area contributed by atoms with Gasteiger partial charge in [-0.2, -0.15) is 0 Å². The van der Waals surface area contributed by atoms with E-state index in [1.165, 1.54) is 30.4 Å². The molecule has 0 radical (unpaired) electrons. The van der Waals surface area contributed by atoms with Gasteiger partial charge in [0.1, 0.15) is 16.8 Å². The molecule has 30 heavy (non-hydrogen) atoms. The van der Waals surface area contributed by atoms with E-state index in [0.29, 0.717) is 15.6 Å². The molecular formula is C21H19ClFNO4S2. The van der Waals surface area contributed by atoms with E-state index in [-0.39, 0.29) is 23.6 Å².